The summed E-state index contributed by atoms with van der Waals surface area (Å²) in [6.07, 6.45) is 0.627. The van der Waals surface area contributed by atoms with Crippen LogP contribution in [0.5, 0.6) is 0 Å². The molecule has 1 unspecified atom stereocenters. The van der Waals surface area contributed by atoms with Gasteiger partial charge in [0.25, 0.3) is 0 Å². The van der Waals surface area contributed by atoms with E-state index in [-0.39, 0.29) is 24.5 Å². The number of likely N-dealkylation sites (N-methyl/N-ethyl adjacent to an activating group) is 2. The van der Waals surface area contributed by atoms with Crippen molar-refractivity contribution in [3.8, 4) is 0 Å². The maximum absolute atomic E-state index is 12.4. The summed E-state index contributed by atoms with van der Waals surface area (Å²) in [5.41, 5.74) is 0. The maximum Gasteiger partial charge on any atom is 0.225 e. The number of carbonyl (C=O) groups is 1. The van der Waals surface area contributed by atoms with Gasteiger partial charge in [-0.1, -0.05) is 13.8 Å². The van der Waals surface area contributed by atoms with Crippen molar-refractivity contribution < 1.29 is 9.90 Å². The van der Waals surface area contributed by atoms with Gasteiger partial charge in [-0.3, -0.25) is 4.79 Å². The predicted octanol–water partition coefficient (Wildman–Crippen LogP) is 0.00300. The first-order valence-electron chi connectivity index (χ1n) is 7.22. The van der Waals surface area contributed by atoms with E-state index in [0.717, 1.165) is 26.2 Å². The molecule has 0 aromatic carbocycles. The minimum absolute atomic E-state index is 0.0115. The maximum atomic E-state index is 12.4. The number of aliphatic hydroxyl groups is 1. The molecular formula is C14H29N3O2. The quantitative estimate of drug-likeness (QED) is 0.739. The second kappa shape index (κ2) is 7.82. The van der Waals surface area contributed by atoms with Gasteiger partial charge in [-0.05, 0) is 26.4 Å². The molecule has 0 aromatic rings. The molecule has 0 spiro atoms. The molecule has 0 aliphatic carbocycles. The number of nitrogens with zero attached hydrogens (tertiary/aromatic N) is 2. The van der Waals surface area contributed by atoms with Gasteiger partial charge in [-0.25, -0.2) is 0 Å². The van der Waals surface area contributed by atoms with E-state index in [1.807, 2.05) is 0 Å². The van der Waals surface area contributed by atoms with Gasteiger partial charge in [0.05, 0.1) is 5.92 Å². The Balaban J connectivity index is 2.58. The van der Waals surface area contributed by atoms with Gasteiger partial charge < -0.3 is 20.2 Å². The molecule has 1 aliphatic heterocycles. The molecule has 0 bridgehead atoms. The van der Waals surface area contributed by atoms with Gasteiger partial charge in [0.1, 0.15) is 0 Å². The fraction of sp³-hybridized carbons (Fsp3) is 0.929. The zero-order chi connectivity index (χ0) is 14.4. The minimum atomic E-state index is 0.0115. The highest BCUT2D eigenvalue weighted by Crippen LogP contribution is 2.11. The van der Waals surface area contributed by atoms with E-state index in [0.29, 0.717) is 12.3 Å². The largest absolute Gasteiger partial charge is 0.396 e. The monoisotopic (exact) mass is 271 g/mol. The van der Waals surface area contributed by atoms with Gasteiger partial charge in [0, 0.05) is 38.8 Å². The molecule has 0 aromatic heterocycles. The molecule has 1 fully saturated rings. The zero-order valence-electron chi connectivity index (χ0n) is 12.7. The van der Waals surface area contributed by atoms with Crippen molar-refractivity contribution in [3.05, 3.63) is 0 Å². The molecule has 5 nitrogen and oxygen atoms in total. The second-order valence-corrected chi connectivity index (χ2v) is 6.09. The first kappa shape index (κ1) is 16.4. The third kappa shape index (κ3) is 5.47. The molecule has 1 amide bonds. The average molecular weight is 271 g/mol. The summed E-state index contributed by atoms with van der Waals surface area (Å²) >= 11 is 0. The first-order chi connectivity index (χ1) is 8.93. The van der Waals surface area contributed by atoms with Crippen LogP contribution >= 0.6 is 0 Å². The van der Waals surface area contributed by atoms with Crippen LogP contribution in [0.2, 0.25) is 0 Å². The minimum Gasteiger partial charge on any atom is -0.396 e. The predicted molar refractivity (Wildman–Crippen MR) is 77.0 cm³/mol. The first-order valence-corrected chi connectivity index (χ1v) is 7.22. The molecule has 1 heterocycles. The summed E-state index contributed by atoms with van der Waals surface area (Å²) in [5.74, 6) is 0.475. The van der Waals surface area contributed by atoms with Crippen LogP contribution in [0, 0.1) is 11.8 Å². The van der Waals surface area contributed by atoms with E-state index >= 15 is 0 Å². The Morgan fingerprint density at radius 3 is 2.21 bits per heavy atom. The molecule has 1 rings (SSSR count). The molecule has 0 radical (unpaired) electrons. The molecular weight excluding hydrogens is 242 g/mol. The summed E-state index contributed by atoms with van der Waals surface area (Å²) in [7, 11) is 4.13. The Morgan fingerprint density at radius 2 is 1.79 bits per heavy atom. The Kier molecular flexibility index (Phi) is 6.75. The fourth-order valence-electron chi connectivity index (χ4n) is 2.51. The van der Waals surface area contributed by atoms with E-state index < -0.39 is 0 Å². The van der Waals surface area contributed by atoms with E-state index in [9.17, 15) is 4.79 Å². The van der Waals surface area contributed by atoms with Gasteiger partial charge in [0.2, 0.25) is 5.91 Å². The molecule has 0 saturated carbocycles. The van der Waals surface area contributed by atoms with Crippen LogP contribution in [0.15, 0.2) is 0 Å². The summed E-state index contributed by atoms with van der Waals surface area (Å²) in [4.78, 5) is 16.8. The lowest BCUT2D eigenvalue weighted by molar-refractivity contribution is -0.126. The van der Waals surface area contributed by atoms with Crippen molar-refractivity contribution in [3.63, 3.8) is 0 Å². The van der Waals surface area contributed by atoms with Crippen LogP contribution in [0.1, 0.15) is 20.3 Å². The van der Waals surface area contributed by atoms with Crippen molar-refractivity contribution in [2.75, 3.05) is 46.9 Å². The fourth-order valence-corrected chi connectivity index (χ4v) is 2.51. The van der Waals surface area contributed by atoms with E-state index in [1.54, 1.807) is 0 Å². The van der Waals surface area contributed by atoms with Gasteiger partial charge in [0.15, 0.2) is 0 Å². The zero-order valence-corrected chi connectivity index (χ0v) is 12.7. The topological polar surface area (TPSA) is 55.8 Å². The van der Waals surface area contributed by atoms with Crippen LogP contribution in [-0.2, 0) is 4.79 Å². The number of amides is 1. The van der Waals surface area contributed by atoms with Crippen LogP contribution in [0.25, 0.3) is 0 Å². The number of hydrogen-bond acceptors (Lipinski definition) is 4. The van der Waals surface area contributed by atoms with Crippen molar-refractivity contribution in [2.45, 2.75) is 26.3 Å². The van der Waals surface area contributed by atoms with Crippen LogP contribution in [-0.4, -0.2) is 73.7 Å². The number of aliphatic hydroxyl groups excluding tert-OH is 1. The highest BCUT2D eigenvalue weighted by Gasteiger charge is 2.27. The number of nitrogens with one attached hydrogen (secondary N) is 1. The highest BCUT2D eigenvalue weighted by atomic mass is 16.3. The van der Waals surface area contributed by atoms with Crippen molar-refractivity contribution in [2.24, 2.45) is 11.8 Å². The Bertz CT molecular complexity index is 272. The lowest BCUT2D eigenvalue weighted by Gasteiger charge is -2.26. The normalized spacial score (nSPS) is 21.4. The molecule has 112 valence electrons. The average Bonchev–Trinajstić information content (AvgIpc) is 2.50. The van der Waals surface area contributed by atoms with Gasteiger partial charge in [-0.2, -0.15) is 0 Å². The van der Waals surface area contributed by atoms with Gasteiger partial charge in [-0.15, -0.1) is 0 Å². The molecule has 2 N–H and O–H groups in total. The Labute approximate surface area is 117 Å². The molecule has 1 aliphatic rings. The SMILES string of the molecule is CC(C)C(CCO)NC(=O)C1CN(C)CCN(C)C1. The molecule has 1 saturated heterocycles. The van der Waals surface area contributed by atoms with Crippen LogP contribution in [0.3, 0.4) is 0 Å². The third-order valence-electron chi connectivity index (χ3n) is 3.87. The second-order valence-electron chi connectivity index (χ2n) is 6.09. The van der Waals surface area contributed by atoms with E-state index in [4.69, 9.17) is 5.11 Å². The lowest BCUT2D eigenvalue weighted by atomic mass is 9.99. The standard InChI is InChI=1S/C14H29N3O2/c1-11(2)13(5-8-18)15-14(19)12-9-16(3)6-7-17(4)10-12/h11-13,18H,5-10H2,1-4H3,(H,15,19). The summed E-state index contributed by atoms with van der Waals surface area (Å²) in [6.45, 7) is 7.89. The third-order valence-corrected chi connectivity index (χ3v) is 3.87. The van der Waals surface area contributed by atoms with Crippen molar-refractivity contribution in [1.82, 2.24) is 15.1 Å². The Morgan fingerprint density at radius 1 is 1.26 bits per heavy atom. The van der Waals surface area contributed by atoms with Crippen LogP contribution < -0.4 is 5.32 Å². The van der Waals surface area contributed by atoms with Crippen molar-refractivity contribution in [1.29, 1.82) is 0 Å². The van der Waals surface area contributed by atoms with E-state index in [2.05, 4.69) is 43.1 Å². The highest BCUT2D eigenvalue weighted by molar-refractivity contribution is 5.79. The van der Waals surface area contributed by atoms with Crippen LogP contribution in [0.4, 0.5) is 0 Å². The van der Waals surface area contributed by atoms with Crippen molar-refractivity contribution >= 4 is 5.91 Å². The number of rotatable bonds is 5. The summed E-state index contributed by atoms with van der Waals surface area (Å²) < 4.78 is 0. The number of carbonyl (C=O) groups excluding carboxylic acids is 1. The molecule has 5 heteroatoms. The molecule has 19 heavy (non-hydrogen) atoms. The molecule has 1 atom stereocenters. The Hall–Kier alpha value is -0.650. The van der Waals surface area contributed by atoms with Gasteiger partial charge >= 0.3 is 0 Å². The smallest absolute Gasteiger partial charge is 0.225 e. The summed E-state index contributed by atoms with van der Waals surface area (Å²) in [6, 6.07) is 0.0661. The lowest BCUT2D eigenvalue weighted by Crippen LogP contribution is -2.46. The number of hydrogen-bond donors (Lipinski definition) is 2. The van der Waals surface area contributed by atoms with E-state index in [1.165, 1.54) is 0 Å². The summed E-state index contributed by atoms with van der Waals surface area (Å²) in [5, 5.41) is 12.2.